The van der Waals surface area contributed by atoms with Gasteiger partial charge in [-0.3, -0.25) is 0 Å². The Morgan fingerprint density at radius 2 is 1.27 bits per heavy atom. The van der Waals surface area contributed by atoms with Gasteiger partial charge in [0, 0.05) is 35.0 Å². The Labute approximate surface area is 231 Å². The van der Waals surface area contributed by atoms with Crippen LogP contribution in [0.2, 0.25) is 0 Å². The van der Waals surface area contributed by atoms with E-state index in [0.29, 0.717) is 0 Å². The predicted octanol–water partition coefficient (Wildman–Crippen LogP) is 8.54. The third-order valence-electron chi connectivity index (χ3n) is 6.73. The fourth-order valence-electron chi connectivity index (χ4n) is 5.01. The van der Waals surface area contributed by atoms with E-state index in [1.807, 2.05) is 34.9 Å². The number of hydrogen-bond donors (Lipinski definition) is 0. The molecule has 0 saturated heterocycles. The molecule has 6 rings (SSSR count). The van der Waals surface area contributed by atoms with Crippen molar-refractivity contribution in [1.29, 1.82) is 0 Å². The first-order valence-corrected chi connectivity index (χ1v) is 15.3. The van der Waals surface area contributed by atoms with Gasteiger partial charge >= 0.3 is 0 Å². The maximum atomic E-state index is 2.43. The highest BCUT2D eigenvalue weighted by Gasteiger charge is 2.26. The summed E-state index contributed by atoms with van der Waals surface area (Å²) in [4.78, 5) is 7.51. The molecule has 37 heavy (non-hydrogen) atoms. The van der Waals surface area contributed by atoms with E-state index < -0.39 is 0 Å². The lowest BCUT2D eigenvalue weighted by Gasteiger charge is -2.19. The summed E-state index contributed by atoms with van der Waals surface area (Å²) in [6.45, 7) is 9.53. The van der Waals surface area contributed by atoms with E-state index in [-0.39, 0.29) is 0 Å². The number of hydrogen-bond acceptors (Lipinski definition) is 5. The molecular weight excluding hydrogens is 511 g/mol. The van der Waals surface area contributed by atoms with E-state index >= 15 is 0 Å². The van der Waals surface area contributed by atoms with Gasteiger partial charge in [0.15, 0.2) is 0 Å². The maximum absolute atomic E-state index is 2.43. The summed E-state index contributed by atoms with van der Waals surface area (Å²) in [5.74, 6) is 0. The highest BCUT2D eigenvalue weighted by molar-refractivity contribution is 8.04. The lowest BCUT2D eigenvalue weighted by atomic mass is 10.2. The van der Waals surface area contributed by atoms with Crippen LogP contribution in [0.15, 0.2) is 110 Å². The molecule has 3 heterocycles. The summed E-state index contributed by atoms with van der Waals surface area (Å²) in [5.41, 5.74) is 5.13. The van der Waals surface area contributed by atoms with E-state index in [4.69, 9.17) is 0 Å². The summed E-state index contributed by atoms with van der Waals surface area (Å²) < 4.78 is 3.75. The number of allylic oxidation sites excluding steroid dienone is 3. The smallest absolute Gasteiger partial charge is 0.263 e. The number of thiazole rings is 1. The van der Waals surface area contributed by atoms with Gasteiger partial charge in [0.25, 0.3) is 5.01 Å². The molecule has 0 radical (unpaired) electrons. The quantitative estimate of drug-likeness (QED) is 0.227. The summed E-state index contributed by atoms with van der Waals surface area (Å²) in [6.07, 6.45) is 7.13. The summed E-state index contributed by atoms with van der Waals surface area (Å²) in [5, 5.41) is 3.83. The van der Waals surface area contributed by atoms with Gasteiger partial charge in [-0.2, -0.15) is 4.57 Å². The number of aryl methyl sites for hydroxylation is 1. The first kappa shape index (κ1) is 24.4. The molecule has 2 aliphatic heterocycles. The molecule has 0 aliphatic carbocycles. The van der Waals surface area contributed by atoms with Crippen molar-refractivity contribution in [3.8, 4) is 0 Å². The first-order valence-electron chi connectivity index (χ1n) is 12.9. The van der Waals surface area contributed by atoms with Crippen molar-refractivity contribution >= 4 is 62.5 Å². The van der Waals surface area contributed by atoms with E-state index in [2.05, 4.69) is 126 Å². The van der Waals surface area contributed by atoms with Gasteiger partial charge < -0.3 is 9.80 Å². The van der Waals surface area contributed by atoms with Crippen molar-refractivity contribution in [1.82, 2.24) is 0 Å². The number of fused-ring (bicyclic) bond motifs is 3. The molecule has 2 aliphatic rings. The van der Waals surface area contributed by atoms with Gasteiger partial charge in [0.05, 0.1) is 21.4 Å². The zero-order valence-corrected chi connectivity index (χ0v) is 23.8. The van der Waals surface area contributed by atoms with Crippen molar-refractivity contribution in [3.05, 3.63) is 106 Å². The molecule has 0 bridgehead atoms. The van der Waals surface area contributed by atoms with Crippen LogP contribution in [0.1, 0.15) is 25.8 Å². The van der Waals surface area contributed by atoms with Crippen LogP contribution in [0.5, 0.6) is 0 Å². The number of nitrogens with zero attached hydrogens (tertiary/aromatic N) is 3. The monoisotopic (exact) mass is 540 g/mol. The van der Waals surface area contributed by atoms with E-state index in [0.717, 1.165) is 19.6 Å². The molecule has 0 fully saturated rings. The Morgan fingerprint density at radius 3 is 1.84 bits per heavy atom. The SMILES string of the molecule is CCN1C(=CC(=Cc2sc3ccccc3[n+]2CC)C=C2Sc3ccccc3N2CC)Sc2ccccc21. The molecule has 0 amide bonds. The molecule has 4 aromatic rings. The van der Waals surface area contributed by atoms with Crippen molar-refractivity contribution in [3.63, 3.8) is 0 Å². The van der Waals surface area contributed by atoms with Gasteiger partial charge in [0.1, 0.15) is 11.2 Å². The summed E-state index contributed by atoms with van der Waals surface area (Å²) in [6, 6.07) is 26.2. The Hall–Kier alpha value is -2.93. The molecule has 6 heteroatoms. The van der Waals surface area contributed by atoms with E-state index in [1.165, 1.54) is 52.0 Å². The van der Waals surface area contributed by atoms with Crippen LogP contribution in [-0.4, -0.2) is 13.1 Å². The third-order valence-corrected chi connectivity index (χ3v) is 10.1. The number of aromatic nitrogens is 1. The Kier molecular flexibility index (Phi) is 6.89. The second-order valence-electron chi connectivity index (χ2n) is 8.89. The standard InChI is InChI=1S/C31H30N3S3/c1-4-32-23-13-7-10-16-26(23)35-29(32)19-22(20-30-33(5-2)24-14-8-11-17-27(24)36-30)21-31-34(6-3)25-15-9-12-18-28(25)37-31/h7-21H,4-6H2,1-3H3/q+1. The fourth-order valence-corrected chi connectivity index (χ4v) is 8.57. The molecule has 0 saturated carbocycles. The van der Waals surface area contributed by atoms with Crippen LogP contribution in [0, 0.1) is 0 Å². The zero-order valence-electron chi connectivity index (χ0n) is 21.3. The molecule has 0 spiro atoms. The fraction of sp³-hybridized carbons (Fsp3) is 0.194. The molecule has 0 N–H and O–H groups in total. The van der Waals surface area contributed by atoms with Crippen LogP contribution in [0.3, 0.4) is 0 Å². The molecule has 0 atom stereocenters. The van der Waals surface area contributed by atoms with Crippen LogP contribution in [-0.2, 0) is 6.54 Å². The minimum absolute atomic E-state index is 0.943. The van der Waals surface area contributed by atoms with E-state index in [9.17, 15) is 0 Å². The van der Waals surface area contributed by atoms with Gasteiger partial charge in [-0.05, 0) is 68.8 Å². The van der Waals surface area contributed by atoms with Crippen molar-refractivity contribution in [2.24, 2.45) is 0 Å². The topological polar surface area (TPSA) is 10.4 Å². The number of para-hydroxylation sites is 3. The van der Waals surface area contributed by atoms with Gasteiger partial charge in [-0.1, -0.05) is 71.3 Å². The second-order valence-corrected chi connectivity index (χ2v) is 12.1. The highest BCUT2D eigenvalue weighted by atomic mass is 32.2. The second kappa shape index (κ2) is 10.4. The molecule has 1 aromatic heterocycles. The number of thioether (sulfide) groups is 2. The molecular formula is C31H30N3S3+. The van der Waals surface area contributed by atoms with Crippen molar-refractivity contribution in [2.45, 2.75) is 37.1 Å². The average molecular weight is 541 g/mol. The number of benzene rings is 3. The molecule has 0 unspecified atom stereocenters. The maximum Gasteiger partial charge on any atom is 0.263 e. The molecule has 186 valence electrons. The summed E-state index contributed by atoms with van der Waals surface area (Å²) >= 11 is 5.60. The molecule has 3 aromatic carbocycles. The first-order chi connectivity index (χ1) is 18.2. The van der Waals surface area contributed by atoms with Gasteiger partial charge in [-0.25, -0.2) is 0 Å². The van der Waals surface area contributed by atoms with Crippen LogP contribution >= 0.6 is 34.9 Å². The average Bonchev–Trinajstić information content (AvgIpc) is 3.58. The minimum Gasteiger partial charge on any atom is -0.335 e. The highest BCUT2D eigenvalue weighted by Crippen LogP contribution is 2.48. The normalized spacial score (nSPS) is 16.6. The van der Waals surface area contributed by atoms with Gasteiger partial charge in [-0.15, -0.1) is 0 Å². The Balaban J connectivity index is 1.49. The Morgan fingerprint density at radius 1 is 0.730 bits per heavy atom. The molecule has 3 nitrogen and oxygen atoms in total. The van der Waals surface area contributed by atoms with Crippen LogP contribution in [0.25, 0.3) is 16.3 Å². The number of anilines is 2. The lowest BCUT2D eigenvalue weighted by molar-refractivity contribution is -0.665. The predicted molar refractivity (Wildman–Crippen MR) is 162 cm³/mol. The largest absolute Gasteiger partial charge is 0.335 e. The summed E-state index contributed by atoms with van der Waals surface area (Å²) in [7, 11) is 0. The Bertz CT molecular complexity index is 1490. The van der Waals surface area contributed by atoms with Gasteiger partial charge in [0.2, 0.25) is 5.52 Å². The number of rotatable bonds is 6. The van der Waals surface area contributed by atoms with Crippen LogP contribution < -0.4 is 14.4 Å². The third kappa shape index (κ3) is 4.52. The van der Waals surface area contributed by atoms with Crippen LogP contribution in [0.4, 0.5) is 11.4 Å². The minimum atomic E-state index is 0.943. The lowest BCUT2D eigenvalue weighted by Crippen LogP contribution is -2.33. The van der Waals surface area contributed by atoms with Crippen molar-refractivity contribution < 1.29 is 4.57 Å². The van der Waals surface area contributed by atoms with Crippen molar-refractivity contribution in [2.75, 3.05) is 22.9 Å². The van der Waals surface area contributed by atoms with E-state index in [1.54, 1.807) is 0 Å². The zero-order chi connectivity index (χ0) is 25.4.